The number of carbonyl (C=O) groups is 1. The summed E-state index contributed by atoms with van der Waals surface area (Å²) in [4.78, 5) is 19.0. The van der Waals surface area contributed by atoms with E-state index >= 15 is 0 Å². The first-order valence-electron chi connectivity index (χ1n) is 5.98. The number of nitrogens with one attached hydrogen (secondary N) is 1. The Hall–Kier alpha value is -1.65. The summed E-state index contributed by atoms with van der Waals surface area (Å²) in [7, 11) is 0. The minimum atomic E-state index is -0.774. The van der Waals surface area contributed by atoms with Crippen LogP contribution in [0.3, 0.4) is 0 Å². The fraction of sp³-hybridized carbons (Fsp3) is 0.583. The smallest absolute Gasteiger partial charge is 0.303 e. The molecule has 1 aromatic heterocycles. The Morgan fingerprint density at radius 2 is 1.88 bits per heavy atom. The summed E-state index contributed by atoms with van der Waals surface area (Å²) in [5.41, 5.74) is 2.02. The largest absolute Gasteiger partial charge is 0.481 e. The number of hydrogen-bond acceptors (Lipinski definition) is 4. The van der Waals surface area contributed by atoms with E-state index in [-0.39, 0.29) is 6.42 Å². The molecule has 17 heavy (non-hydrogen) atoms. The Bertz CT molecular complexity index is 358. The molecule has 0 amide bonds. The topological polar surface area (TPSA) is 75.1 Å². The van der Waals surface area contributed by atoms with Crippen molar-refractivity contribution in [2.24, 2.45) is 0 Å². The fourth-order valence-corrected chi connectivity index (χ4v) is 1.44. The summed E-state index contributed by atoms with van der Waals surface area (Å²) in [5.74, 6) is -0.170. The number of aryl methyl sites for hydroxylation is 2. The minimum absolute atomic E-state index is 0.168. The predicted molar refractivity (Wildman–Crippen MR) is 66.1 cm³/mol. The molecule has 0 bridgehead atoms. The van der Waals surface area contributed by atoms with Crippen LogP contribution in [0.1, 0.15) is 38.1 Å². The van der Waals surface area contributed by atoms with Crippen LogP contribution in [0.15, 0.2) is 6.07 Å². The second-order valence-electron chi connectivity index (χ2n) is 3.81. The maximum absolute atomic E-state index is 10.4. The van der Waals surface area contributed by atoms with Gasteiger partial charge in [0.05, 0.1) is 0 Å². The zero-order valence-electron chi connectivity index (χ0n) is 10.4. The van der Waals surface area contributed by atoms with Gasteiger partial charge >= 0.3 is 5.97 Å². The van der Waals surface area contributed by atoms with Gasteiger partial charge in [-0.2, -0.15) is 0 Å². The van der Waals surface area contributed by atoms with E-state index in [0.717, 1.165) is 24.2 Å². The summed E-state index contributed by atoms with van der Waals surface area (Å²) in [6, 6.07) is 2.00. The lowest BCUT2D eigenvalue weighted by Crippen LogP contribution is -2.09. The van der Waals surface area contributed by atoms with Crippen LogP contribution < -0.4 is 5.32 Å². The van der Waals surface area contributed by atoms with Crippen molar-refractivity contribution < 1.29 is 9.90 Å². The van der Waals surface area contributed by atoms with Crippen molar-refractivity contribution in [3.05, 3.63) is 17.5 Å². The van der Waals surface area contributed by atoms with Crippen LogP contribution >= 0.6 is 0 Å². The summed E-state index contributed by atoms with van der Waals surface area (Å²) >= 11 is 0. The number of aromatic nitrogens is 2. The standard InChI is InChI=1S/C12H19N3O2/c1-3-9-8-10(4-2)15-12(14-9)13-7-5-6-11(16)17/h8H,3-7H2,1-2H3,(H,16,17)(H,13,14,15). The highest BCUT2D eigenvalue weighted by Crippen LogP contribution is 2.07. The number of rotatable bonds is 7. The molecule has 1 aromatic rings. The van der Waals surface area contributed by atoms with Crippen LogP contribution in [0.4, 0.5) is 5.95 Å². The zero-order valence-corrected chi connectivity index (χ0v) is 10.4. The molecule has 1 rings (SSSR count). The maximum Gasteiger partial charge on any atom is 0.303 e. The van der Waals surface area contributed by atoms with E-state index in [1.807, 2.05) is 6.07 Å². The van der Waals surface area contributed by atoms with Crippen LogP contribution in [0, 0.1) is 0 Å². The van der Waals surface area contributed by atoms with Gasteiger partial charge in [-0.05, 0) is 25.3 Å². The molecular weight excluding hydrogens is 218 g/mol. The normalized spacial score (nSPS) is 10.2. The molecule has 0 atom stereocenters. The van der Waals surface area contributed by atoms with E-state index in [9.17, 15) is 4.79 Å². The second kappa shape index (κ2) is 6.83. The van der Waals surface area contributed by atoms with E-state index in [1.165, 1.54) is 0 Å². The second-order valence-corrected chi connectivity index (χ2v) is 3.81. The van der Waals surface area contributed by atoms with Crippen molar-refractivity contribution in [2.45, 2.75) is 39.5 Å². The molecule has 0 spiro atoms. The lowest BCUT2D eigenvalue weighted by molar-refractivity contribution is -0.137. The zero-order chi connectivity index (χ0) is 12.7. The van der Waals surface area contributed by atoms with E-state index in [2.05, 4.69) is 29.1 Å². The number of nitrogens with zero attached hydrogens (tertiary/aromatic N) is 2. The first-order chi connectivity index (χ1) is 8.15. The van der Waals surface area contributed by atoms with Gasteiger partial charge in [0.25, 0.3) is 0 Å². The van der Waals surface area contributed by atoms with Gasteiger partial charge in [0.15, 0.2) is 0 Å². The molecule has 0 unspecified atom stereocenters. The van der Waals surface area contributed by atoms with E-state index < -0.39 is 5.97 Å². The Morgan fingerprint density at radius 1 is 1.29 bits per heavy atom. The molecule has 0 radical (unpaired) electrons. The number of aliphatic carboxylic acids is 1. The summed E-state index contributed by atoms with van der Waals surface area (Å²) in [6.07, 6.45) is 2.50. The quantitative estimate of drug-likeness (QED) is 0.708. The van der Waals surface area contributed by atoms with E-state index in [0.29, 0.717) is 18.9 Å². The first-order valence-corrected chi connectivity index (χ1v) is 5.98. The van der Waals surface area contributed by atoms with Gasteiger partial charge in [-0.1, -0.05) is 13.8 Å². The molecule has 5 heteroatoms. The number of anilines is 1. The van der Waals surface area contributed by atoms with Gasteiger partial charge in [-0.3, -0.25) is 4.79 Å². The highest BCUT2D eigenvalue weighted by molar-refractivity contribution is 5.66. The van der Waals surface area contributed by atoms with Gasteiger partial charge in [-0.25, -0.2) is 9.97 Å². The minimum Gasteiger partial charge on any atom is -0.481 e. The van der Waals surface area contributed by atoms with Crippen LogP contribution in [0.5, 0.6) is 0 Å². The van der Waals surface area contributed by atoms with Gasteiger partial charge in [0.2, 0.25) is 5.95 Å². The van der Waals surface area contributed by atoms with Crippen LogP contribution in [-0.2, 0) is 17.6 Å². The molecule has 0 saturated heterocycles. The Labute approximate surface area is 101 Å². The number of carboxylic acid groups (broad SMARTS) is 1. The Kier molecular flexibility index (Phi) is 5.39. The summed E-state index contributed by atoms with van der Waals surface area (Å²) in [6.45, 7) is 4.69. The van der Waals surface area contributed by atoms with E-state index in [4.69, 9.17) is 5.11 Å². The van der Waals surface area contributed by atoms with Gasteiger partial charge in [0, 0.05) is 24.4 Å². The number of carboxylic acids is 1. The van der Waals surface area contributed by atoms with Crippen molar-refractivity contribution in [2.75, 3.05) is 11.9 Å². The van der Waals surface area contributed by atoms with Crippen LogP contribution in [-0.4, -0.2) is 27.6 Å². The van der Waals surface area contributed by atoms with Gasteiger partial charge in [-0.15, -0.1) is 0 Å². The monoisotopic (exact) mass is 237 g/mol. The van der Waals surface area contributed by atoms with Crippen molar-refractivity contribution in [1.82, 2.24) is 9.97 Å². The molecular formula is C12H19N3O2. The Balaban J connectivity index is 2.54. The van der Waals surface area contributed by atoms with Gasteiger partial charge < -0.3 is 10.4 Å². The average molecular weight is 237 g/mol. The SMILES string of the molecule is CCc1cc(CC)nc(NCCCC(=O)O)n1. The molecule has 0 aliphatic heterocycles. The van der Waals surface area contributed by atoms with Crippen molar-refractivity contribution >= 4 is 11.9 Å². The highest BCUT2D eigenvalue weighted by Gasteiger charge is 2.02. The highest BCUT2D eigenvalue weighted by atomic mass is 16.4. The van der Waals surface area contributed by atoms with Crippen molar-refractivity contribution in [3.63, 3.8) is 0 Å². The molecule has 0 aliphatic rings. The lowest BCUT2D eigenvalue weighted by Gasteiger charge is -2.07. The Morgan fingerprint density at radius 3 is 2.35 bits per heavy atom. The predicted octanol–water partition coefficient (Wildman–Crippen LogP) is 1.88. The van der Waals surface area contributed by atoms with Crippen molar-refractivity contribution in [1.29, 1.82) is 0 Å². The third-order valence-electron chi connectivity index (χ3n) is 2.41. The van der Waals surface area contributed by atoms with E-state index in [1.54, 1.807) is 0 Å². The molecule has 94 valence electrons. The van der Waals surface area contributed by atoms with Gasteiger partial charge in [0.1, 0.15) is 0 Å². The van der Waals surface area contributed by atoms with Crippen LogP contribution in [0.25, 0.3) is 0 Å². The molecule has 0 saturated carbocycles. The molecule has 0 aliphatic carbocycles. The summed E-state index contributed by atoms with van der Waals surface area (Å²) < 4.78 is 0. The fourth-order valence-electron chi connectivity index (χ4n) is 1.44. The van der Waals surface area contributed by atoms with Crippen LogP contribution in [0.2, 0.25) is 0 Å². The lowest BCUT2D eigenvalue weighted by atomic mass is 10.2. The molecule has 2 N–H and O–H groups in total. The van der Waals surface area contributed by atoms with Crippen molar-refractivity contribution in [3.8, 4) is 0 Å². The first kappa shape index (κ1) is 13.4. The molecule has 0 fully saturated rings. The summed E-state index contributed by atoms with van der Waals surface area (Å²) in [5, 5.41) is 11.6. The number of hydrogen-bond donors (Lipinski definition) is 2. The molecule has 5 nitrogen and oxygen atoms in total. The average Bonchev–Trinajstić information content (AvgIpc) is 2.34. The molecule has 1 heterocycles. The third-order valence-corrected chi connectivity index (χ3v) is 2.41. The third kappa shape index (κ3) is 4.80. The maximum atomic E-state index is 10.4. The molecule has 0 aromatic carbocycles.